The van der Waals surface area contributed by atoms with E-state index < -0.39 is 5.82 Å². The van der Waals surface area contributed by atoms with Crippen LogP contribution in [-0.2, 0) is 11.3 Å². The van der Waals surface area contributed by atoms with Gasteiger partial charge in [-0.2, -0.15) is 0 Å². The van der Waals surface area contributed by atoms with Crippen LogP contribution in [0.2, 0.25) is 0 Å². The average Bonchev–Trinajstić information content (AvgIpc) is 3.44. The highest BCUT2D eigenvalue weighted by Crippen LogP contribution is 2.36. The fourth-order valence-corrected chi connectivity index (χ4v) is 3.70. The number of carbonyl (C=O) groups excluding carboxylic acids is 1. The molecule has 0 atom stereocenters. The average molecular weight is 445 g/mol. The molecule has 2 heterocycles. The second kappa shape index (κ2) is 9.25. The third kappa shape index (κ3) is 4.74. The standard InChI is InChI=1S/C21H20FN3O5S/c1-3-25(10-13-4-6-16(27-2)15(22)8-13)19(26)11-31-21-24-23-20(30-21)14-5-7-17-18(9-14)29-12-28-17/h4-9H,3,10-12H2,1-2H3. The first-order chi connectivity index (χ1) is 15.1. The zero-order chi connectivity index (χ0) is 21.8. The highest BCUT2D eigenvalue weighted by Gasteiger charge is 2.19. The minimum Gasteiger partial charge on any atom is -0.494 e. The number of methoxy groups -OCH3 is 1. The molecule has 0 aliphatic carbocycles. The lowest BCUT2D eigenvalue weighted by atomic mass is 10.2. The molecule has 3 aromatic rings. The SMILES string of the molecule is CCN(Cc1ccc(OC)c(F)c1)C(=O)CSc1nnc(-c2ccc3c(c2)OCO3)o1. The zero-order valence-electron chi connectivity index (χ0n) is 17.0. The Bertz CT molecular complexity index is 1090. The molecule has 4 rings (SSSR count). The summed E-state index contributed by atoms with van der Waals surface area (Å²) in [7, 11) is 1.41. The fraction of sp³-hybridized carbons (Fsp3) is 0.286. The predicted octanol–water partition coefficient (Wildman–Crippen LogP) is 3.75. The van der Waals surface area contributed by atoms with Gasteiger partial charge in [-0.05, 0) is 42.8 Å². The van der Waals surface area contributed by atoms with Crippen molar-refractivity contribution in [2.75, 3.05) is 26.2 Å². The second-order valence-electron chi connectivity index (χ2n) is 6.61. The summed E-state index contributed by atoms with van der Waals surface area (Å²) >= 11 is 1.15. The van der Waals surface area contributed by atoms with Crippen LogP contribution in [0.25, 0.3) is 11.5 Å². The first kappa shape index (κ1) is 21.0. The number of ether oxygens (including phenoxy) is 3. The van der Waals surface area contributed by atoms with Gasteiger partial charge in [0, 0.05) is 18.7 Å². The summed E-state index contributed by atoms with van der Waals surface area (Å²) in [5.41, 5.74) is 1.38. The molecule has 0 radical (unpaired) electrons. The van der Waals surface area contributed by atoms with Crippen LogP contribution in [0.15, 0.2) is 46.0 Å². The molecule has 1 aliphatic rings. The molecule has 10 heteroatoms. The van der Waals surface area contributed by atoms with Gasteiger partial charge in [0.15, 0.2) is 23.1 Å². The summed E-state index contributed by atoms with van der Waals surface area (Å²) < 4.78 is 35.2. The second-order valence-corrected chi connectivity index (χ2v) is 7.53. The number of amides is 1. The number of aromatic nitrogens is 2. The first-order valence-corrected chi connectivity index (χ1v) is 10.5. The van der Waals surface area contributed by atoms with Crippen LogP contribution in [0.3, 0.4) is 0 Å². The van der Waals surface area contributed by atoms with Crippen LogP contribution < -0.4 is 14.2 Å². The fourth-order valence-electron chi connectivity index (χ4n) is 3.03. The summed E-state index contributed by atoms with van der Waals surface area (Å²) in [5.74, 6) is 1.33. The van der Waals surface area contributed by atoms with Crippen molar-refractivity contribution in [3.63, 3.8) is 0 Å². The molecule has 0 unspecified atom stereocenters. The van der Waals surface area contributed by atoms with Crippen LogP contribution in [0, 0.1) is 5.82 Å². The highest BCUT2D eigenvalue weighted by atomic mass is 32.2. The number of fused-ring (bicyclic) bond motifs is 1. The van der Waals surface area contributed by atoms with E-state index in [9.17, 15) is 9.18 Å². The molecule has 0 fully saturated rings. The number of thioether (sulfide) groups is 1. The Hall–Kier alpha value is -3.27. The number of benzene rings is 2. The minimum atomic E-state index is -0.459. The minimum absolute atomic E-state index is 0.119. The van der Waals surface area contributed by atoms with Crippen molar-refractivity contribution in [1.29, 1.82) is 0 Å². The molecule has 8 nitrogen and oxygen atoms in total. The molecular formula is C21H20FN3O5S. The summed E-state index contributed by atoms with van der Waals surface area (Å²) in [4.78, 5) is 14.3. The monoisotopic (exact) mass is 445 g/mol. The Morgan fingerprint density at radius 3 is 2.81 bits per heavy atom. The van der Waals surface area contributed by atoms with Gasteiger partial charge in [0.1, 0.15) is 0 Å². The van der Waals surface area contributed by atoms with Crippen molar-refractivity contribution in [1.82, 2.24) is 15.1 Å². The van der Waals surface area contributed by atoms with E-state index in [0.717, 1.165) is 11.8 Å². The largest absolute Gasteiger partial charge is 0.494 e. The highest BCUT2D eigenvalue weighted by molar-refractivity contribution is 7.99. The molecule has 162 valence electrons. The van der Waals surface area contributed by atoms with Gasteiger partial charge in [0.2, 0.25) is 18.6 Å². The van der Waals surface area contributed by atoms with Gasteiger partial charge >= 0.3 is 0 Å². The van der Waals surface area contributed by atoms with Crippen LogP contribution in [0.5, 0.6) is 17.2 Å². The van der Waals surface area contributed by atoms with E-state index >= 15 is 0 Å². The summed E-state index contributed by atoms with van der Waals surface area (Å²) in [6.07, 6.45) is 0. The number of hydrogen-bond donors (Lipinski definition) is 0. The Balaban J connectivity index is 1.36. The molecular weight excluding hydrogens is 425 g/mol. The molecule has 31 heavy (non-hydrogen) atoms. The van der Waals surface area contributed by atoms with Gasteiger partial charge < -0.3 is 23.5 Å². The third-order valence-corrected chi connectivity index (χ3v) is 5.47. The zero-order valence-corrected chi connectivity index (χ0v) is 17.8. The van der Waals surface area contributed by atoms with Crippen molar-refractivity contribution in [2.24, 2.45) is 0 Å². The molecule has 1 aromatic heterocycles. The van der Waals surface area contributed by atoms with E-state index in [1.165, 1.54) is 13.2 Å². The van der Waals surface area contributed by atoms with Gasteiger partial charge in [0.05, 0.1) is 12.9 Å². The van der Waals surface area contributed by atoms with Gasteiger partial charge in [-0.1, -0.05) is 17.8 Å². The molecule has 1 aliphatic heterocycles. The van der Waals surface area contributed by atoms with Crippen LogP contribution in [0.4, 0.5) is 4.39 Å². The number of hydrogen-bond acceptors (Lipinski definition) is 8. The van der Waals surface area contributed by atoms with Crippen LogP contribution in [-0.4, -0.2) is 47.2 Å². The maximum Gasteiger partial charge on any atom is 0.277 e. The molecule has 0 saturated carbocycles. The lowest BCUT2D eigenvalue weighted by molar-refractivity contribution is -0.128. The maximum atomic E-state index is 13.9. The van der Waals surface area contributed by atoms with Crippen molar-refractivity contribution in [2.45, 2.75) is 18.7 Å². The van der Waals surface area contributed by atoms with Crippen molar-refractivity contribution in [3.05, 3.63) is 47.8 Å². The number of carbonyl (C=O) groups is 1. The van der Waals surface area contributed by atoms with E-state index in [-0.39, 0.29) is 29.4 Å². The summed E-state index contributed by atoms with van der Waals surface area (Å²) in [6.45, 7) is 2.83. The van der Waals surface area contributed by atoms with Gasteiger partial charge in [-0.25, -0.2) is 4.39 Å². The number of rotatable bonds is 8. The molecule has 0 N–H and O–H groups in total. The van der Waals surface area contributed by atoms with Crippen LogP contribution in [0.1, 0.15) is 12.5 Å². The van der Waals surface area contributed by atoms with Gasteiger partial charge in [-0.3, -0.25) is 4.79 Å². The van der Waals surface area contributed by atoms with Crippen molar-refractivity contribution in [3.8, 4) is 28.7 Å². The van der Waals surface area contributed by atoms with Crippen molar-refractivity contribution >= 4 is 17.7 Å². The Morgan fingerprint density at radius 2 is 2.03 bits per heavy atom. The summed E-state index contributed by atoms with van der Waals surface area (Å²) in [5, 5.41) is 8.32. The molecule has 2 aromatic carbocycles. The van der Waals surface area contributed by atoms with Gasteiger partial charge in [0.25, 0.3) is 5.22 Å². The van der Waals surface area contributed by atoms with E-state index in [1.54, 1.807) is 35.2 Å². The van der Waals surface area contributed by atoms with E-state index in [2.05, 4.69) is 10.2 Å². The number of halogens is 1. The first-order valence-electron chi connectivity index (χ1n) is 9.54. The smallest absolute Gasteiger partial charge is 0.277 e. The van der Waals surface area contributed by atoms with Gasteiger partial charge in [-0.15, -0.1) is 10.2 Å². The van der Waals surface area contributed by atoms with E-state index in [0.29, 0.717) is 41.6 Å². The summed E-state index contributed by atoms with van der Waals surface area (Å²) in [6, 6.07) is 10.0. The topological polar surface area (TPSA) is 86.9 Å². The Kier molecular flexibility index (Phi) is 6.26. The molecule has 0 bridgehead atoms. The van der Waals surface area contributed by atoms with E-state index in [1.807, 2.05) is 6.92 Å². The van der Waals surface area contributed by atoms with Crippen molar-refractivity contribution < 1.29 is 27.8 Å². The Morgan fingerprint density at radius 1 is 1.19 bits per heavy atom. The van der Waals surface area contributed by atoms with E-state index in [4.69, 9.17) is 18.6 Å². The maximum absolute atomic E-state index is 13.9. The Labute approximate surface area is 182 Å². The lowest BCUT2D eigenvalue weighted by Crippen LogP contribution is -2.31. The normalized spacial score (nSPS) is 12.1. The third-order valence-electron chi connectivity index (χ3n) is 4.67. The van der Waals surface area contributed by atoms with Crippen LogP contribution >= 0.6 is 11.8 Å². The predicted molar refractivity (Wildman–Crippen MR) is 111 cm³/mol. The quantitative estimate of drug-likeness (QED) is 0.485. The molecule has 0 spiro atoms. The number of nitrogens with zero attached hydrogens (tertiary/aromatic N) is 3. The lowest BCUT2D eigenvalue weighted by Gasteiger charge is -2.20. The molecule has 0 saturated heterocycles. The molecule has 1 amide bonds.